The average molecular weight is 461 g/mol. The van der Waals surface area contributed by atoms with Crippen LogP contribution in [0, 0.1) is 11.5 Å². The van der Waals surface area contributed by atoms with Crippen molar-refractivity contribution in [2.75, 3.05) is 0 Å². The molecule has 2 nitrogen and oxygen atoms in total. The van der Waals surface area contributed by atoms with Gasteiger partial charge in [0.25, 0.3) is 0 Å². The zero-order chi connectivity index (χ0) is 22.9. The maximum atomic E-state index is 12.9. The topological polar surface area (TPSA) is 27.0 Å². The third kappa shape index (κ3) is 5.95. The van der Waals surface area contributed by atoms with E-state index in [0.29, 0.717) is 29.2 Å². The van der Waals surface area contributed by atoms with Crippen LogP contribution in [0.25, 0.3) is 0 Å². The number of halogens is 10. The molecule has 0 aliphatic rings. The van der Waals surface area contributed by atoms with Gasteiger partial charge in [-0.15, -0.1) is 0 Å². The minimum Gasteiger partial charge on any atom is -0.302 e. The quantitative estimate of drug-likeness (QED) is 0.282. The van der Waals surface area contributed by atoms with Crippen molar-refractivity contribution in [2.45, 2.75) is 31.6 Å². The predicted molar refractivity (Wildman–Crippen MR) is 87.8 cm³/mol. The summed E-state index contributed by atoms with van der Waals surface area (Å²) in [6, 6.07) is 3.09. The van der Waals surface area contributed by atoms with Gasteiger partial charge in [-0.05, 0) is 47.5 Å². The molecular weight excluding hydrogens is 451 g/mol. The lowest BCUT2D eigenvalue weighted by Crippen LogP contribution is -2.19. The molecule has 0 amide bonds. The third-order valence-electron chi connectivity index (χ3n) is 3.90. The van der Waals surface area contributed by atoms with Gasteiger partial charge >= 0.3 is 18.5 Å². The van der Waals surface area contributed by atoms with Crippen LogP contribution in [-0.4, -0.2) is 4.90 Å². The first kappa shape index (κ1) is 23.7. The van der Waals surface area contributed by atoms with E-state index in [2.05, 4.69) is 0 Å². The average Bonchev–Trinajstić information content (AvgIpc) is 2.60. The molecule has 0 bridgehead atoms. The van der Waals surface area contributed by atoms with Crippen LogP contribution in [0.15, 0.2) is 36.4 Å². The molecule has 0 aliphatic heterocycles. The second-order valence-corrected chi connectivity index (χ2v) is 6.58. The van der Waals surface area contributed by atoms with Crippen molar-refractivity contribution in [1.29, 1.82) is 5.26 Å². The molecule has 162 valence electrons. The Morgan fingerprint density at radius 2 is 1.23 bits per heavy atom. The fraction of sp³-hybridized carbons (Fsp3) is 0.278. The number of benzene rings is 2. The van der Waals surface area contributed by atoms with E-state index in [9.17, 15) is 44.8 Å². The Balaban J connectivity index is 2.38. The van der Waals surface area contributed by atoms with E-state index in [0.717, 1.165) is 6.07 Å². The van der Waals surface area contributed by atoms with Crippen molar-refractivity contribution < 1.29 is 39.5 Å². The summed E-state index contributed by atoms with van der Waals surface area (Å²) in [7, 11) is 0. The molecule has 0 heterocycles. The molecule has 2 aromatic rings. The van der Waals surface area contributed by atoms with Crippen molar-refractivity contribution in [1.82, 2.24) is 4.90 Å². The zero-order valence-corrected chi connectivity index (χ0v) is 15.3. The summed E-state index contributed by atoms with van der Waals surface area (Å²) in [5, 5.41) is 9.04. The van der Waals surface area contributed by atoms with Crippen LogP contribution in [0.1, 0.15) is 27.8 Å². The molecule has 0 fully saturated rings. The fourth-order valence-corrected chi connectivity index (χ4v) is 2.71. The molecule has 0 N–H and O–H groups in total. The van der Waals surface area contributed by atoms with Gasteiger partial charge < -0.3 is 4.90 Å². The first-order valence-corrected chi connectivity index (χ1v) is 8.27. The van der Waals surface area contributed by atoms with Crippen LogP contribution >= 0.6 is 11.6 Å². The highest BCUT2D eigenvalue weighted by molar-refractivity contribution is 6.31. The highest BCUT2D eigenvalue weighted by Gasteiger charge is 2.37. The number of alkyl halides is 9. The van der Waals surface area contributed by atoms with Crippen LogP contribution < -0.4 is 0 Å². The number of hydrogen-bond acceptors (Lipinski definition) is 2. The molecule has 0 aliphatic carbocycles. The van der Waals surface area contributed by atoms with Gasteiger partial charge in [0.1, 0.15) is 0 Å². The van der Waals surface area contributed by atoms with E-state index in [1.165, 1.54) is 6.19 Å². The number of nitrogens with zero attached hydrogens (tertiary/aromatic N) is 2. The first-order valence-electron chi connectivity index (χ1n) is 7.90. The summed E-state index contributed by atoms with van der Waals surface area (Å²) in [6.45, 7) is -1.27. The van der Waals surface area contributed by atoms with E-state index in [1.54, 1.807) is 0 Å². The molecule has 0 aromatic heterocycles. The highest BCUT2D eigenvalue weighted by atomic mass is 35.5. The molecule has 12 heteroatoms. The monoisotopic (exact) mass is 460 g/mol. The van der Waals surface area contributed by atoms with E-state index in [-0.39, 0.29) is 16.7 Å². The Kier molecular flexibility index (Phi) is 6.51. The van der Waals surface area contributed by atoms with Gasteiger partial charge in [-0.25, -0.2) is 0 Å². The van der Waals surface area contributed by atoms with Crippen molar-refractivity contribution >= 4 is 11.6 Å². The van der Waals surface area contributed by atoms with Crippen molar-refractivity contribution in [3.63, 3.8) is 0 Å². The Labute approximate surface area is 169 Å². The molecule has 0 saturated heterocycles. The minimum absolute atomic E-state index is 0.0656. The van der Waals surface area contributed by atoms with Crippen molar-refractivity contribution in [3.8, 4) is 6.19 Å². The Hall–Kier alpha value is -2.61. The fourth-order valence-electron chi connectivity index (χ4n) is 2.54. The summed E-state index contributed by atoms with van der Waals surface area (Å²) in [5.74, 6) is 0. The second-order valence-electron chi connectivity index (χ2n) is 6.17. The highest BCUT2D eigenvalue weighted by Crippen LogP contribution is 2.37. The van der Waals surface area contributed by atoms with Crippen LogP contribution in [0.3, 0.4) is 0 Å². The van der Waals surface area contributed by atoms with E-state index in [4.69, 9.17) is 11.6 Å². The zero-order valence-electron chi connectivity index (χ0n) is 14.6. The van der Waals surface area contributed by atoms with Gasteiger partial charge in [-0.3, -0.25) is 0 Å². The Morgan fingerprint density at radius 3 is 1.67 bits per heavy atom. The van der Waals surface area contributed by atoms with E-state index < -0.39 is 53.9 Å². The summed E-state index contributed by atoms with van der Waals surface area (Å²) in [4.78, 5) is 0.691. The maximum Gasteiger partial charge on any atom is 0.416 e. The van der Waals surface area contributed by atoms with Crippen LogP contribution in [0.2, 0.25) is 5.02 Å². The SMILES string of the molecule is N#CN(Cc1cc(C(F)(F)F)cc(C(F)(F)F)c1)Cc1cc(C(F)(F)F)ccc1Cl. The first-order chi connectivity index (χ1) is 13.6. The summed E-state index contributed by atoms with van der Waals surface area (Å²) in [6.07, 6.45) is -13.3. The molecule has 0 saturated carbocycles. The molecule has 0 spiro atoms. The third-order valence-corrected chi connectivity index (χ3v) is 4.27. The number of rotatable bonds is 4. The number of hydrogen-bond donors (Lipinski definition) is 0. The Morgan fingerprint density at radius 1 is 0.733 bits per heavy atom. The maximum absolute atomic E-state index is 12.9. The van der Waals surface area contributed by atoms with Crippen molar-refractivity contribution in [3.05, 3.63) is 69.2 Å². The molecular formula is C18H10ClF9N2. The molecule has 0 radical (unpaired) electrons. The largest absolute Gasteiger partial charge is 0.416 e. The summed E-state index contributed by atoms with van der Waals surface area (Å²) >= 11 is 5.82. The van der Waals surface area contributed by atoms with E-state index >= 15 is 0 Å². The van der Waals surface area contributed by atoms with Crippen molar-refractivity contribution in [2.24, 2.45) is 0 Å². The summed E-state index contributed by atoms with van der Waals surface area (Å²) in [5.41, 5.74) is -4.87. The van der Waals surface area contributed by atoms with Gasteiger partial charge in [0.15, 0.2) is 6.19 Å². The molecule has 0 atom stereocenters. The number of nitriles is 1. The van der Waals surface area contributed by atoms with Crippen LogP contribution in [0.5, 0.6) is 0 Å². The summed E-state index contributed by atoms with van der Waals surface area (Å²) < 4.78 is 116. The van der Waals surface area contributed by atoms with E-state index in [1.807, 2.05) is 0 Å². The predicted octanol–water partition coefficient (Wildman–Crippen LogP) is 6.88. The standard InChI is InChI=1S/C18H10ClF9N2/c19-15-2-1-12(16(20,21)22)5-11(15)8-30(9-29)7-10-3-13(17(23,24)25)6-14(4-10)18(26,27)28/h1-6H,7-8H2. The van der Waals surface area contributed by atoms with Gasteiger partial charge in [0.05, 0.1) is 29.8 Å². The normalized spacial score (nSPS) is 12.6. The van der Waals surface area contributed by atoms with Gasteiger partial charge in [-0.2, -0.15) is 44.8 Å². The molecule has 0 unspecified atom stereocenters. The molecule has 2 rings (SSSR count). The van der Waals surface area contributed by atoms with Crippen LogP contribution in [0.4, 0.5) is 39.5 Å². The lowest BCUT2D eigenvalue weighted by molar-refractivity contribution is -0.143. The lowest BCUT2D eigenvalue weighted by Gasteiger charge is -2.20. The van der Waals surface area contributed by atoms with Crippen LogP contribution in [-0.2, 0) is 31.6 Å². The minimum atomic E-state index is -5.07. The molecule has 2 aromatic carbocycles. The lowest BCUT2D eigenvalue weighted by atomic mass is 10.0. The smallest absolute Gasteiger partial charge is 0.302 e. The second kappa shape index (κ2) is 8.26. The van der Waals surface area contributed by atoms with Gasteiger partial charge in [0.2, 0.25) is 0 Å². The van der Waals surface area contributed by atoms with Gasteiger partial charge in [0, 0.05) is 5.02 Å². The van der Waals surface area contributed by atoms with Gasteiger partial charge in [-0.1, -0.05) is 11.6 Å². The molecule has 30 heavy (non-hydrogen) atoms. The Bertz CT molecular complexity index is 924.